The predicted octanol–water partition coefficient (Wildman–Crippen LogP) is 3.22. The number of rotatable bonds is 5. The standard InChI is InChI=1S/C14H17Cl2NO2/c15-12-4-1-5-13(16)11(12)6-7-14(18)17-9-10-3-2-8-19-10/h1,4-5,10H,2-3,6-9H2,(H,17,18)/t10-/m1/s1. The van der Waals surface area contributed by atoms with Gasteiger partial charge in [0.2, 0.25) is 5.91 Å². The number of hydrogen-bond donors (Lipinski definition) is 1. The minimum atomic E-state index is 0.00601. The van der Waals surface area contributed by atoms with Crippen molar-refractivity contribution in [2.45, 2.75) is 31.8 Å². The molecule has 1 aliphatic rings. The van der Waals surface area contributed by atoms with Crippen LogP contribution in [0.4, 0.5) is 0 Å². The van der Waals surface area contributed by atoms with Crippen molar-refractivity contribution in [3.63, 3.8) is 0 Å². The topological polar surface area (TPSA) is 38.3 Å². The van der Waals surface area contributed by atoms with Crippen molar-refractivity contribution in [1.29, 1.82) is 0 Å². The maximum Gasteiger partial charge on any atom is 0.220 e. The van der Waals surface area contributed by atoms with Crippen molar-refractivity contribution in [2.75, 3.05) is 13.2 Å². The first kappa shape index (κ1) is 14.6. The Balaban J connectivity index is 1.76. The Bertz CT molecular complexity index is 425. The zero-order valence-electron chi connectivity index (χ0n) is 10.6. The highest BCUT2D eigenvalue weighted by Gasteiger charge is 2.16. The van der Waals surface area contributed by atoms with E-state index in [9.17, 15) is 4.79 Å². The molecule has 2 rings (SSSR count). The predicted molar refractivity (Wildman–Crippen MR) is 76.8 cm³/mol. The summed E-state index contributed by atoms with van der Waals surface area (Å²) in [7, 11) is 0. The van der Waals surface area contributed by atoms with Crippen LogP contribution in [0.25, 0.3) is 0 Å². The number of benzene rings is 1. The van der Waals surface area contributed by atoms with Gasteiger partial charge in [0.05, 0.1) is 6.10 Å². The molecule has 1 aromatic rings. The molecule has 104 valence electrons. The van der Waals surface area contributed by atoms with Crippen molar-refractivity contribution in [2.24, 2.45) is 0 Å². The third-order valence-corrected chi connectivity index (χ3v) is 3.92. The minimum Gasteiger partial charge on any atom is -0.376 e. The molecule has 0 spiro atoms. The maximum absolute atomic E-state index is 11.7. The molecule has 0 unspecified atom stereocenters. The van der Waals surface area contributed by atoms with Gasteiger partial charge in [-0.2, -0.15) is 0 Å². The molecular weight excluding hydrogens is 285 g/mol. The monoisotopic (exact) mass is 301 g/mol. The van der Waals surface area contributed by atoms with E-state index in [1.54, 1.807) is 18.2 Å². The second kappa shape index (κ2) is 7.13. The number of carbonyl (C=O) groups excluding carboxylic acids is 1. The van der Waals surface area contributed by atoms with Crippen LogP contribution in [0.1, 0.15) is 24.8 Å². The summed E-state index contributed by atoms with van der Waals surface area (Å²) in [6.07, 6.45) is 3.21. The molecule has 1 saturated heterocycles. The highest BCUT2D eigenvalue weighted by atomic mass is 35.5. The minimum absolute atomic E-state index is 0.00601. The van der Waals surface area contributed by atoms with E-state index in [1.807, 2.05) is 0 Å². The third-order valence-electron chi connectivity index (χ3n) is 3.21. The molecule has 0 saturated carbocycles. The van der Waals surface area contributed by atoms with Gasteiger partial charge in [-0.25, -0.2) is 0 Å². The van der Waals surface area contributed by atoms with Crippen molar-refractivity contribution in [3.05, 3.63) is 33.8 Å². The van der Waals surface area contributed by atoms with Gasteiger partial charge in [0.1, 0.15) is 0 Å². The molecule has 1 amide bonds. The second-order valence-corrected chi connectivity index (χ2v) is 5.45. The van der Waals surface area contributed by atoms with Crippen molar-refractivity contribution >= 4 is 29.1 Å². The third kappa shape index (κ3) is 4.37. The molecule has 0 radical (unpaired) electrons. The summed E-state index contributed by atoms with van der Waals surface area (Å²) in [6.45, 7) is 1.39. The van der Waals surface area contributed by atoms with Gasteiger partial charge in [-0.3, -0.25) is 4.79 Å². The molecule has 1 aromatic carbocycles. The second-order valence-electron chi connectivity index (χ2n) is 4.64. The summed E-state index contributed by atoms with van der Waals surface area (Å²) in [5.74, 6) is 0.00601. The first-order valence-electron chi connectivity index (χ1n) is 6.48. The van der Waals surface area contributed by atoms with E-state index in [0.717, 1.165) is 25.0 Å². The molecule has 1 atom stereocenters. The van der Waals surface area contributed by atoms with E-state index in [1.165, 1.54) is 0 Å². The molecular formula is C14H17Cl2NO2. The van der Waals surface area contributed by atoms with Crippen LogP contribution >= 0.6 is 23.2 Å². The van der Waals surface area contributed by atoms with E-state index >= 15 is 0 Å². The fourth-order valence-corrected chi connectivity index (χ4v) is 2.72. The van der Waals surface area contributed by atoms with Crippen LogP contribution in [0.15, 0.2) is 18.2 Å². The molecule has 3 nitrogen and oxygen atoms in total. The molecule has 0 aromatic heterocycles. The molecule has 1 aliphatic heterocycles. The Morgan fingerprint density at radius 1 is 1.37 bits per heavy atom. The fourth-order valence-electron chi connectivity index (χ4n) is 2.13. The van der Waals surface area contributed by atoms with Crippen LogP contribution in [0.5, 0.6) is 0 Å². The summed E-state index contributed by atoms with van der Waals surface area (Å²) in [6, 6.07) is 5.37. The molecule has 0 aliphatic carbocycles. The SMILES string of the molecule is O=C(CCc1c(Cl)cccc1Cl)NC[C@H]1CCCO1. The van der Waals surface area contributed by atoms with Crippen LogP contribution in [-0.2, 0) is 16.0 Å². The smallest absolute Gasteiger partial charge is 0.220 e. The first-order chi connectivity index (χ1) is 9.16. The number of ether oxygens (including phenoxy) is 1. The Hall–Kier alpha value is -0.770. The number of carbonyl (C=O) groups is 1. The lowest BCUT2D eigenvalue weighted by Gasteiger charge is -2.11. The maximum atomic E-state index is 11.7. The van der Waals surface area contributed by atoms with Gasteiger partial charge < -0.3 is 10.1 Å². The molecule has 1 heterocycles. The average molecular weight is 302 g/mol. The Kier molecular flexibility index (Phi) is 5.49. The largest absolute Gasteiger partial charge is 0.376 e. The first-order valence-corrected chi connectivity index (χ1v) is 7.23. The zero-order chi connectivity index (χ0) is 13.7. The Labute approximate surface area is 123 Å². The van der Waals surface area contributed by atoms with Crippen molar-refractivity contribution < 1.29 is 9.53 Å². The van der Waals surface area contributed by atoms with Crippen LogP contribution in [0.2, 0.25) is 10.0 Å². The molecule has 1 fully saturated rings. The summed E-state index contributed by atoms with van der Waals surface area (Å²) >= 11 is 12.1. The van der Waals surface area contributed by atoms with Gasteiger partial charge in [-0.1, -0.05) is 29.3 Å². The van der Waals surface area contributed by atoms with Crippen LogP contribution < -0.4 is 5.32 Å². The van der Waals surface area contributed by atoms with Gasteiger partial charge in [0.25, 0.3) is 0 Å². The van der Waals surface area contributed by atoms with E-state index in [0.29, 0.717) is 29.4 Å². The van der Waals surface area contributed by atoms with Crippen LogP contribution in [0, 0.1) is 0 Å². The molecule has 1 N–H and O–H groups in total. The fraction of sp³-hybridized carbons (Fsp3) is 0.500. The molecule has 5 heteroatoms. The van der Waals surface area contributed by atoms with Gasteiger partial charge in [0.15, 0.2) is 0 Å². The highest BCUT2D eigenvalue weighted by molar-refractivity contribution is 6.36. The number of nitrogens with one attached hydrogen (secondary N) is 1. The zero-order valence-corrected chi connectivity index (χ0v) is 12.1. The summed E-state index contributed by atoms with van der Waals surface area (Å²) < 4.78 is 5.45. The van der Waals surface area contributed by atoms with Gasteiger partial charge in [0, 0.05) is 29.6 Å². The van der Waals surface area contributed by atoms with Crippen LogP contribution in [0.3, 0.4) is 0 Å². The van der Waals surface area contributed by atoms with Crippen molar-refractivity contribution in [1.82, 2.24) is 5.32 Å². The lowest BCUT2D eigenvalue weighted by atomic mass is 10.1. The normalized spacial score (nSPS) is 18.5. The summed E-state index contributed by atoms with van der Waals surface area (Å²) in [5.41, 5.74) is 0.832. The van der Waals surface area contributed by atoms with E-state index < -0.39 is 0 Å². The molecule has 19 heavy (non-hydrogen) atoms. The Morgan fingerprint density at radius 3 is 2.74 bits per heavy atom. The van der Waals surface area contributed by atoms with E-state index in [4.69, 9.17) is 27.9 Å². The average Bonchev–Trinajstić information content (AvgIpc) is 2.89. The van der Waals surface area contributed by atoms with Gasteiger partial charge >= 0.3 is 0 Å². The van der Waals surface area contributed by atoms with Gasteiger partial charge in [-0.05, 0) is 37.0 Å². The lowest BCUT2D eigenvalue weighted by Crippen LogP contribution is -2.31. The molecule has 0 bridgehead atoms. The summed E-state index contributed by atoms with van der Waals surface area (Å²) in [4.78, 5) is 11.7. The number of amides is 1. The number of halogens is 2. The lowest BCUT2D eigenvalue weighted by molar-refractivity contribution is -0.121. The Morgan fingerprint density at radius 2 is 2.11 bits per heavy atom. The van der Waals surface area contributed by atoms with Crippen LogP contribution in [-0.4, -0.2) is 25.2 Å². The summed E-state index contributed by atoms with van der Waals surface area (Å²) in [5, 5.41) is 4.10. The van der Waals surface area contributed by atoms with Crippen molar-refractivity contribution in [3.8, 4) is 0 Å². The van der Waals surface area contributed by atoms with E-state index in [2.05, 4.69) is 5.32 Å². The highest BCUT2D eigenvalue weighted by Crippen LogP contribution is 2.25. The number of hydrogen-bond acceptors (Lipinski definition) is 2. The quantitative estimate of drug-likeness (QED) is 0.907. The van der Waals surface area contributed by atoms with Gasteiger partial charge in [-0.15, -0.1) is 0 Å². The van der Waals surface area contributed by atoms with E-state index in [-0.39, 0.29) is 12.0 Å².